The molecular formula is C19H22. The van der Waals surface area contributed by atoms with E-state index in [-0.39, 0.29) is 0 Å². The van der Waals surface area contributed by atoms with Crippen LogP contribution in [0.25, 0.3) is 11.1 Å². The SMILES string of the molecule is CC(C)(C)C1CCc2ccc(-c3ccccc3)cc21. The maximum atomic E-state index is 2.42. The zero-order valence-electron chi connectivity index (χ0n) is 12.1. The fourth-order valence-corrected chi connectivity index (χ4v) is 3.31. The average molecular weight is 250 g/mol. The molecule has 0 nitrogen and oxygen atoms in total. The van der Waals surface area contributed by atoms with Crippen LogP contribution in [0.2, 0.25) is 0 Å². The molecule has 0 heterocycles. The molecule has 3 rings (SSSR count). The van der Waals surface area contributed by atoms with E-state index in [9.17, 15) is 0 Å². The van der Waals surface area contributed by atoms with Crippen molar-refractivity contribution in [1.29, 1.82) is 0 Å². The van der Waals surface area contributed by atoms with Gasteiger partial charge in [-0.05, 0) is 46.4 Å². The van der Waals surface area contributed by atoms with Crippen LogP contribution in [-0.2, 0) is 6.42 Å². The van der Waals surface area contributed by atoms with Crippen LogP contribution in [0.15, 0.2) is 48.5 Å². The molecule has 0 aliphatic heterocycles. The highest BCUT2D eigenvalue weighted by atomic mass is 14.4. The number of hydrogen-bond acceptors (Lipinski definition) is 0. The number of rotatable bonds is 1. The second-order valence-corrected chi connectivity index (χ2v) is 6.74. The van der Waals surface area contributed by atoms with Crippen LogP contribution in [0.1, 0.15) is 44.2 Å². The third-order valence-corrected chi connectivity index (χ3v) is 4.38. The lowest BCUT2D eigenvalue weighted by Gasteiger charge is -2.28. The molecule has 0 saturated carbocycles. The molecule has 0 saturated heterocycles. The van der Waals surface area contributed by atoms with E-state index < -0.39 is 0 Å². The maximum absolute atomic E-state index is 2.42. The molecule has 0 fully saturated rings. The molecule has 0 bridgehead atoms. The summed E-state index contributed by atoms with van der Waals surface area (Å²) in [6.07, 6.45) is 2.55. The summed E-state index contributed by atoms with van der Waals surface area (Å²) in [4.78, 5) is 0. The molecule has 0 radical (unpaired) electrons. The Balaban J connectivity index is 2.05. The molecule has 2 aromatic carbocycles. The van der Waals surface area contributed by atoms with Crippen LogP contribution >= 0.6 is 0 Å². The molecular weight excluding hydrogens is 228 g/mol. The first-order valence-electron chi connectivity index (χ1n) is 7.24. The van der Waals surface area contributed by atoms with Crippen molar-refractivity contribution in [2.75, 3.05) is 0 Å². The Hall–Kier alpha value is -1.56. The number of hydrogen-bond donors (Lipinski definition) is 0. The van der Waals surface area contributed by atoms with Gasteiger partial charge in [0.2, 0.25) is 0 Å². The summed E-state index contributed by atoms with van der Waals surface area (Å²) in [5.41, 5.74) is 6.18. The van der Waals surface area contributed by atoms with Gasteiger partial charge >= 0.3 is 0 Å². The number of aryl methyl sites for hydroxylation is 1. The van der Waals surface area contributed by atoms with Crippen LogP contribution in [0.3, 0.4) is 0 Å². The lowest BCUT2D eigenvalue weighted by Crippen LogP contribution is -2.15. The Bertz CT molecular complexity index is 573. The van der Waals surface area contributed by atoms with E-state index in [0.717, 1.165) is 0 Å². The predicted octanol–water partition coefficient (Wildman–Crippen LogP) is 5.43. The third-order valence-electron chi connectivity index (χ3n) is 4.38. The molecule has 0 heteroatoms. The van der Waals surface area contributed by atoms with Crippen LogP contribution in [0, 0.1) is 5.41 Å². The highest BCUT2D eigenvalue weighted by Gasteiger charge is 2.32. The zero-order valence-corrected chi connectivity index (χ0v) is 12.1. The van der Waals surface area contributed by atoms with Crippen LogP contribution < -0.4 is 0 Å². The van der Waals surface area contributed by atoms with Crippen molar-refractivity contribution in [1.82, 2.24) is 0 Å². The van der Waals surface area contributed by atoms with E-state index in [1.165, 1.54) is 24.0 Å². The Labute approximate surface area is 116 Å². The molecule has 2 aromatic rings. The smallest absolute Gasteiger partial charge is 0.0107 e. The van der Waals surface area contributed by atoms with Gasteiger partial charge in [-0.2, -0.15) is 0 Å². The summed E-state index contributed by atoms with van der Waals surface area (Å²) in [5.74, 6) is 0.700. The largest absolute Gasteiger partial charge is 0.0622 e. The summed E-state index contributed by atoms with van der Waals surface area (Å²) >= 11 is 0. The molecule has 1 unspecified atom stereocenters. The Morgan fingerprint density at radius 3 is 2.32 bits per heavy atom. The van der Waals surface area contributed by atoms with Gasteiger partial charge in [-0.3, -0.25) is 0 Å². The molecule has 1 atom stereocenters. The Morgan fingerprint density at radius 1 is 0.895 bits per heavy atom. The summed E-state index contributed by atoms with van der Waals surface area (Å²) in [6, 6.07) is 17.7. The van der Waals surface area contributed by atoms with Gasteiger partial charge in [0.25, 0.3) is 0 Å². The fraction of sp³-hybridized carbons (Fsp3) is 0.368. The zero-order chi connectivity index (χ0) is 13.5. The second kappa shape index (κ2) is 4.52. The molecule has 19 heavy (non-hydrogen) atoms. The number of fused-ring (bicyclic) bond motifs is 1. The van der Waals surface area contributed by atoms with Gasteiger partial charge in [0.05, 0.1) is 0 Å². The van der Waals surface area contributed by atoms with E-state index in [1.807, 2.05) is 0 Å². The van der Waals surface area contributed by atoms with E-state index in [4.69, 9.17) is 0 Å². The van der Waals surface area contributed by atoms with Crippen molar-refractivity contribution < 1.29 is 0 Å². The molecule has 0 spiro atoms. The van der Waals surface area contributed by atoms with Crippen molar-refractivity contribution in [3.05, 3.63) is 59.7 Å². The molecule has 1 aliphatic carbocycles. The van der Waals surface area contributed by atoms with Crippen molar-refractivity contribution in [3.63, 3.8) is 0 Å². The van der Waals surface area contributed by atoms with E-state index >= 15 is 0 Å². The maximum Gasteiger partial charge on any atom is -0.0107 e. The molecule has 0 amide bonds. The third kappa shape index (κ3) is 2.32. The van der Waals surface area contributed by atoms with Crippen LogP contribution in [0.5, 0.6) is 0 Å². The van der Waals surface area contributed by atoms with Crippen LogP contribution in [-0.4, -0.2) is 0 Å². The minimum absolute atomic E-state index is 0.362. The first-order valence-corrected chi connectivity index (χ1v) is 7.24. The van der Waals surface area contributed by atoms with Gasteiger partial charge in [-0.25, -0.2) is 0 Å². The quantitative estimate of drug-likeness (QED) is 0.633. The predicted molar refractivity (Wildman–Crippen MR) is 82.4 cm³/mol. The Morgan fingerprint density at radius 2 is 1.63 bits per heavy atom. The van der Waals surface area contributed by atoms with Crippen molar-refractivity contribution in [2.45, 2.75) is 39.5 Å². The van der Waals surface area contributed by atoms with Gasteiger partial charge in [0.15, 0.2) is 0 Å². The summed E-state index contributed by atoms with van der Waals surface area (Å²) < 4.78 is 0. The van der Waals surface area contributed by atoms with E-state index in [1.54, 1.807) is 11.1 Å². The lowest BCUT2D eigenvalue weighted by molar-refractivity contribution is 0.319. The minimum Gasteiger partial charge on any atom is -0.0622 e. The van der Waals surface area contributed by atoms with Gasteiger partial charge in [0, 0.05) is 0 Å². The van der Waals surface area contributed by atoms with Gasteiger partial charge < -0.3 is 0 Å². The second-order valence-electron chi connectivity index (χ2n) is 6.74. The van der Waals surface area contributed by atoms with E-state index in [0.29, 0.717) is 11.3 Å². The molecule has 1 aliphatic rings. The highest BCUT2D eigenvalue weighted by molar-refractivity contribution is 5.65. The van der Waals surface area contributed by atoms with E-state index in [2.05, 4.69) is 69.3 Å². The summed E-state index contributed by atoms with van der Waals surface area (Å²) in [5, 5.41) is 0. The average Bonchev–Trinajstić information content (AvgIpc) is 2.82. The van der Waals surface area contributed by atoms with Gasteiger partial charge in [-0.1, -0.05) is 69.3 Å². The first-order chi connectivity index (χ1) is 9.05. The molecule has 0 N–H and O–H groups in total. The monoisotopic (exact) mass is 250 g/mol. The Kier molecular flexibility index (Phi) is 2.97. The molecule has 0 aromatic heterocycles. The minimum atomic E-state index is 0.362. The summed E-state index contributed by atoms with van der Waals surface area (Å²) in [7, 11) is 0. The van der Waals surface area contributed by atoms with Crippen LogP contribution in [0.4, 0.5) is 0 Å². The standard InChI is InChI=1S/C19H22/c1-19(2,3)18-12-11-15-9-10-16(13-17(15)18)14-7-5-4-6-8-14/h4-10,13,18H,11-12H2,1-3H3. The lowest BCUT2D eigenvalue weighted by atomic mass is 9.77. The van der Waals surface area contributed by atoms with Gasteiger partial charge in [0.1, 0.15) is 0 Å². The van der Waals surface area contributed by atoms with Crippen molar-refractivity contribution in [3.8, 4) is 11.1 Å². The number of benzene rings is 2. The normalized spacial score (nSPS) is 18.4. The highest BCUT2D eigenvalue weighted by Crippen LogP contribution is 2.45. The van der Waals surface area contributed by atoms with Gasteiger partial charge in [-0.15, -0.1) is 0 Å². The van der Waals surface area contributed by atoms with Crippen molar-refractivity contribution in [2.24, 2.45) is 5.41 Å². The van der Waals surface area contributed by atoms with Crippen molar-refractivity contribution >= 4 is 0 Å². The topological polar surface area (TPSA) is 0 Å². The fourth-order valence-electron chi connectivity index (χ4n) is 3.31. The summed E-state index contributed by atoms with van der Waals surface area (Å²) in [6.45, 7) is 7.09. The molecule has 98 valence electrons. The first kappa shape index (κ1) is 12.5.